The van der Waals surface area contributed by atoms with Crippen molar-refractivity contribution in [3.05, 3.63) is 53.9 Å². The van der Waals surface area contributed by atoms with Crippen molar-refractivity contribution in [3.63, 3.8) is 0 Å². The highest BCUT2D eigenvalue weighted by Crippen LogP contribution is 2.03. The standard InChI is InChI=1S/C15H20N4O/c1-16-8-7-15(20)17-9-14-10-18-19(12-14)11-13-5-3-2-4-6-13/h2-6,10,12,16H,7-9,11H2,1H3,(H,17,20). The highest BCUT2D eigenvalue weighted by Gasteiger charge is 2.03. The molecule has 1 heterocycles. The molecule has 5 heteroatoms. The normalized spacial score (nSPS) is 10.4. The summed E-state index contributed by atoms with van der Waals surface area (Å²) < 4.78 is 1.88. The molecule has 5 nitrogen and oxygen atoms in total. The molecule has 0 saturated carbocycles. The summed E-state index contributed by atoms with van der Waals surface area (Å²) in [5.74, 6) is 0.0511. The Morgan fingerprint density at radius 3 is 2.80 bits per heavy atom. The van der Waals surface area contributed by atoms with Gasteiger partial charge in [-0.05, 0) is 12.6 Å². The van der Waals surface area contributed by atoms with E-state index >= 15 is 0 Å². The van der Waals surface area contributed by atoms with Crippen LogP contribution in [0.3, 0.4) is 0 Å². The molecule has 106 valence electrons. The van der Waals surface area contributed by atoms with Crippen molar-refractivity contribution < 1.29 is 4.79 Å². The molecular weight excluding hydrogens is 252 g/mol. The van der Waals surface area contributed by atoms with Gasteiger partial charge in [-0.15, -0.1) is 0 Å². The largest absolute Gasteiger partial charge is 0.352 e. The van der Waals surface area contributed by atoms with Crippen LogP contribution in [0, 0.1) is 0 Å². The second-order valence-electron chi connectivity index (χ2n) is 4.66. The number of carbonyl (C=O) groups is 1. The molecule has 0 aliphatic carbocycles. The minimum absolute atomic E-state index is 0.0511. The Balaban J connectivity index is 1.82. The molecule has 2 rings (SSSR count). The summed E-state index contributed by atoms with van der Waals surface area (Å²) in [7, 11) is 1.83. The van der Waals surface area contributed by atoms with Crippen molar-refractivity contribution in [2.24, 2.45) is 0 Å². The second-order valence-corrected chi connectivity index (χ2v) is 4.66. The summed E-state index contributed by atoms with van der Waals surface area (Å²) in [6.45, 7) is 1.96. The number of rotatable bonds is 7. The highest BCUT2D eigenvalue weighted by molar-refractivity contribution is 5.76. The van der Waals surface area contributed by atoms with E-state index in [-0.39, 0.29) is 5.91 Å². The van der Waals surface area contributed by atoms with Gasteiger partial charge in [-0.1, -0.05) is 30.3 Å². The van der Waals surface area contributed by atoms with Gasteiger partial charge >= 0.3 is 0 Å². The van der Waals surface area contributed by atoms with Crippen molar-refractivity contribution >= 4 is 5.91 Å². The van der Waals surface area contributed by atoms with Crippen LogP contribution in [-0.4, -0.2) is 29.3 Å². The average molecular weight is 272 g/mol. The van der Waals surface area contributed by atoms with Crippen LogP contribution >= 0.6 is 0 Å². The Labute approximate surface area is 119 Å². The van der Waals surface area contributed by atoms with E-state index < -0.39 is 0 Å². The number of benzene rings is 1. The predicted octanol–water partition coefficient (Wildman–Crippen LogP) is 1.16. The van der Waals surface area contributed by atoms with Gasteiger partial charge in [0.05, 0.1) is 12.7 Å². The molecule has 0 aliphatic rings. The van der Waals surface area contributed by atoms with Crippen molar-refractivity contribution in [1.29, 1.82) is 0 Å². The number of hydrogen-bond acceptors (Lipinski definition) is 3. The lowest BCUT2D eigenvalue weighted by atomic mass is 10.2. The van der Waals surface area contributed by atoms with E-state index in [1.165, 1.54) is 5.56 Å². The van der Waals surface area contributed by atoms with E-state index in [9.17, 15) is 4.79 Å². The molecule has 0 fully saturated rings. The van der Waals surface area contributed by atoms with Gasteiger partial charge in [0.15, 0.2) is 0 Å². The Kier molecular flexibility index (Phi) is 5.32. The third-order valence-electron chi connectivity index (χ3n) is 2.97. The van der Waals surface area contributed by atoms with E-state index in [4.69, 9.17) is 0 Å². The second kappa shape index (κ2) is 7.45. The maximum atomic E-state index is 11.5. The van der Waals surface area contributed by atoms with Crippen LogP contribution in [0.1, 0.15) is 17.5 Å². The SMILES string of the molecule is CNCCC(=O)NCc1cnn(Cc2ccccc2)c1. The maximum absolute atomic E-state index is 11.5. The minimum Gasteiger partial charge on any atom is -0.352 e. The van der Waals surface area contributed by atoms with E-state index in [2.05, 4.69) is 27.9 Å². The van der Waals surface area contributed by atoms with Crippen LogP contribution in [0.25, 0.3) is 0 Å². The molecule has 0 saturated heterocycles. The Hall–Kier alpha value is -2.14. The average Bonchev–Trinajstić information content (AvgIpc) is 2.91. The molecule has 0 spiro atoms. The molecule has 2 N–H and O–H groups in total. The van der Waals surface area contributed by atoms with Gasteiger partial charge in [-0.3, -0.25) is 9.48 Å². The van der Waals surface area contributed by atoms with Crippen LogP contribution in [-0.2, 0) is 17.9 Å². The van der Waals surface area contributed by atoms with Crippen LogP contribution in [0.5, 0.6) is 0 Å². The van der Waals surface area contributed by atoms with Crippen molar-refractivity contribution in [1.82, 2.24) is 20.4 Å². The fraction of sp³-hybridized carbons (Fsp3) is 0.333. The third kappa shape index (κ3) is 4.51. The zero-order valence-corrected chi connectivity index (χ0v) is 11.7. The first-order valence-electron chi connectivity index (χ1n) is 6.74. The monoisotopic (exact) mass is 272 g/mol. The number of nitrogens with zero attached hydrogens (tertiary/aromatic N) is 2. The van der Waals surface area contributed by atoms with Gasteiger partial charge in [-0.25, -0.2) is 0 Å². The number of nitrogens with one attached hydrogen (secondary N) is 2. The quantitative estimate of drug-likeness (QED) is 0.795. The van der Waals surface area contributed by atoms with Gasteiger partial charge in [-0.2, -0.15) is 5.10 Å². The first-order valence-corrected chi connectivity index (χ1v) is 6.74. The summed E-state index contributed by atoms with van der Waals surface area (Å²) in [4.78, 5) is 11.5. The lowest BCUT2D eigenvalue weighted by Gasteiger charge is -2.03. The summed E-state index contributed by atoms with van der Waals surface area (Å²) >= 11 is 0. The fourth-order valence-electron chi connectivity index (χ4n) is 1.88. The predicted molar refractivity (Wildman–Crippen MR) is 78.2 cm³/mol. The van der Waals surface area contributed by atoms with Crippen molar-refractivity contribution in [3.8, 4) is 0 Å². The first kappa shape index (κ1) is 14.3. The van der Waals surface area contributed by atoms with Gasteiger partial charge in [0, 0.05) is 31.3 Å². The molecule has 1 aromatic heterocycles. The van der Waals surface area contributed by atoms with Crippen LogP contribution < -0.4 is 10.6 Å². The summed E-state index contributed by atoms with van der Waals surface area (Å²) in [6.07, 6.45) is 4.25. The Morgan fingerprint density at radius 2 is 2.05 bits per heavy atom. The minimum atomic E-state index is 0.0511. The Bertz CT molecular complexity index is 536. The molecule has 0 aliphatic heterocycles. The molecule has 1 amide bonds. The lowest BCUT2D eigenvalue weighted by Crippen LogP contribution is -2.25. The van der Waals surface area contributed by atoms with E-state index in [0.717, 1.165) is 12.1 Å². The molecule has 0 radical (unpaired) electrons. The Morgan fingerprint density at radius 1 is 1.25 bits per heavy atom. The van der Waals surface area contributed by atoms with Crippen molar-refractivity contribution in [2.45, 2.75) is 19.5 Å². The smallest absolute Gasteiger partial charge is 0.221 e. The van der Waals surface area contributed by atoms with Gasteiger partial charge in [0.1, 0.15) is 0 Å². The molecule has 0 unspecified atom stereocenters. The molecule has 1 aromatic carbocycles. The van der Waals surface area contributed by atoms with Crippen LogP contribution in [0.4, 0.5) is 0 Å². The molecular formula is C15H20N4O. The van der Waals surface area contributed by atoms with Gasteiger partial charge in [0.25, 0.3) is 0 Å². The zero-order chi connectivity index (χ0) is 14.2. The number of aromatic nitrogens is 2. The van der Waals surface area contributed by atoms with Gasteiger partial charge in [0.2, 0.25) is 5.91 Å². The molecule has 2 aromatic rings. The molecule has 20 heavy (non-hydrogen) atoms. The van der Waals surface area contributed by atoms with Crippen molar-refractivity contribution in [2.75, 3.05) is 13.6 Å². The number of carbonyl (C=O) groups excluding carboxylic acids is 1. The van der Waals surface area contributed by atoms with E-state index in [0.29, 0.717) is 19.5 Å². The summed E-state index contributed by atoms with van der Waals surface area (Å²) in [5.41, 5.74) is 2.22. The molecule has 0 atom stereocenters. The van der Waals surface area contributed by atoms with E-state index in [1.54, 1.807) is 6.20 Å². The van der Waals surface area contributed by atoms with Gasteiger partial charge < -0.3 is 10.6 Å². The highest BCUT2D eigenvalue weighted by atomic mass is 16.1. The maximum Gasteiger partial charge on any atom is 0.221 e. The topological polar surface area (TPSA) is 59.0 Å². The van der Waals surface area contributed by atoms with Crippen LogP contribution in [0.15, 0.2) is 42.7 Å². The lowest BCUT2D eigenvalue weighted by molar-refractivity contribution is -0.121. The zero-order valence-electron chi connectivity index (χ0n) is 11.7. The van der Waals surface area contributed by atoms with E-state index in [1.807, 2.05) is 36.1 Å². The number of amides is 1. The first-order chi connectivity index (χ1) is 9.78. The third-order valence-corrected chi connectivity index (χ3v) is 2.97. The summed E-state index contributed by atoms with van der Waals surface area (Å²) in [6, 6.07) is 10.2. The number of hydrogen-bond donors (Lipinski definition) is 2. The fourth-order valence-corrected chi connectivity index (χ4v) is 1.88. The summed E-state index contributed by atoms with van der Waals surface area (Å²) in [5, 5.41) is 10.1. The van der Waals surface area contributed by atoms with Crippen LogP contribution in [0.2, 0.25) is 0 Å². The molecule has 0 bridgehead atoms.